The van der Waals surface area contributed by atoms with Gasteiger partial charge in [-0.1, -0.05) is 11.6 Å². The van der Waals surface area contributed by atoms with E-state index in [4.69, 9.17) is 0 Å². The minimum atomic E-state index is -0.388. The molecule has 0 saturated carbocycles. The maximum Gasteiger partial charge on any atom is 0.262 e. The standard InChI is InChI=1S/C16H19N3O3/c1-10-2-3-12-13(8-10)16(22)19(15(12)21)9-14(20)18-11-4-6-17-7-5-11/h2-3,8,11,17H,4-7,9H2,1H3,(H,18,20). The van der Waals surface area contributed by atoms with Crippen molar-refractivity contribution in [2.45, 2.75) is 25.8 Å². The first-order valence-corrected chi connectivity index (χ1v) is 7.53. The first-order valence-electron chi connectivity index (χ1n) is 7.53. The number of nitrogens with one attached hydrogen (secondary N) is 2. The summed E-state index contributed by atoms with van der Waals surface area (Å²) in [6.45, 7) is 3.40. The molecule has 3 amide bonds. The van der Waals surface area contributed by atoms with Crippen LogP contribution in [-0.4, -0.2) is 48.3 Å². The van der Waals surface area contributed by atoms with E-state index in [-0.39, 0.29) is 30.3 Å². The first kappa shape index (κ1) is 14.7. The van der Waals surface area contributed by atoms with Gasteiger partial charge < -0.3 is 10.6 Å². The Hall–Kier alpha value is -2.21. The molecule has 0 atom stereocenters. The van der Waals surface area contributed by atoms with Gasteiger partial charge in [-0.25, -0.2) is 0 Å². The van der Waals surface area contributed by atoms with Crippen LogP contribution in [0, 0.1) is 6.92 Å². The van der Waals surface area contributed by atoms with Crippen LogP contribution >= 0.6 is 0 Å². The van der Waals surface area contributed by atoms with Crippen molar-refractivity contribution < 1.29 is 14.4 Å². The van der Waals surface area contributed by atoms with Gasteiger partial charge in [0.25, 0.3) is 11.8 Å². The molecule has 0 aliphatic carbocycles. The molecule has 0 spiro atoms. The van der Waals surface area contributed by atoms with Crippen LogP contribution in [0.25, 0.3) is 0 Å². The van der Waals surface area contributed by atoms with E-state index < -0.39 is 0 Å². The molecule has 2 aliphatic heterocycles. The Bertz CT molecular complexity index is 636. The predicted octanol–water partition coefficient (Wildman–Crippen LogP) is 0.459. The van der Waals surface area contributed by atoms with Gasteiger partial charge in [-0.2, -0.15) is 0 Å². The molecule has 1 fully saturated rings. The van der Waals surface area contributed by atoms with Crippen LogP contribution in [0.4, 0.5) is 0 Å². The van der Waals surface area contributed by atoms with Gasteiger partial charge in [0.2, 0.25) is 5.91 Å². The number of benzene rings is 1. The minimum Gasteiger partial charge on any atom is -0.352 e. The number of imide groups is 1. The zero-order chi connectivity index (χ0) is 15.7. The summed E-state index contributed by atoms with van der Waals surface area (Å²) >= 11 is 0. The van der Waals surface area contributed by atoms with Gasteiger partial charge in [0, 0.05) is 6.04 Å². The van der Waals surface area contributed by atoms with Crippen molar-refractivity contribution in [3.8, 4) is 0 Å². The number of carbonyl (C=O) groups excluding carboxylic acids is 3. The Morgan fingerprint density at radius 2 is 1.91 bits per heavy atom. The normalized spacial score (nSPS) is 18.5. The highest BCUT2D eigenvalue weighted by atomic mass is 16.2. The van der Waals surface area contributed by atoms with Gasteiger partial charge in [-0.15, -0.1) is 0 Å². The van der Waals surface area contributed by atoms with Gasteiger partial charge in [0.1, 0.15) is 6.54 Å². The number of hydrogen-bond donors (Lipinski definition) is 2. The maximum atomic E-state index is 12.3. The number of nitrogens with zero attached hydrogens (tertiary/aromatic N) is 1. The number of fused-ring (bicyclic) bond motifs is 1. The summed E-state index contributed by atoms with van der Waals surface area (Å²) in [6.07, 6.45) is 1.74. The molecule has 2 aliphatic rings. The Morgan fingerprint density at radius 1 is 1.23 bits per heavy atom. The molecule has 3 rings (SSSR count). The monoisotopic (exact) mass is 301 g/mol. The van der Waals surface area contributed by atoms with E-state index in [0.717, 1.165) is 36.4 Å². The molecular formula is C16H19N3O3. The number of hydrogen-bond acceptors (Lipinski definition) is 4. The third-order valence-corrected chi connectivity index (χ3v) is 4.13. The van der Waals surface area contributed by atoms with E-state index in [1.807, 2.05) is 6.92 Å². The van der Waals surface area contributed by atoms with Crippen LogP contribution < -0.4 is 10.6 Å². The lowest BCUT2D eigenvalue weighted by molar-refractivity contribution is -0.122. The van der Waals surface area contributed by atoms with Crippen molar-refractivity contribution in [1.29, 1.82) is 0 Å². The largest absolute Gasteiger partial charge is 0.352 e. The third-order valence-electron chi connectivity index (χ3n) is 4.13. The number of piperidine rings is 1. The fraction of sp³-hybridized carbons (Fsp3) is 0.438. The molecule has 1 saturated heterocycles. The summed E-state index contributed by atoms with van der Waals surface area (Å²) in [7, 11) is 0. The molecule has 6 heteroatoms. The van der Waals surface area contributed by atoms with E-state index in [2.05, 4.69) is 10.6 Å². The van der Waals surface area contributed by atoms with Crippen LogP contribution in [0.1, 0.15) is 39.1 Å². The Morgan fingerprint density at radius 3 is 2.64 bits per heavy atom. The van der Waals surface area contributed by atoms with E-state index >= 15 is 0 Å². The smallest absolute Gasteiger partial charge is 0.262 e. The van der Waals surface area contributed by atoms with Crippen molar-refractivity contribution in [3.05, 3.63) is 34.9 Å². The molecule has 0 radical (unpaired) electrons. The van der Waals surface area contributed by atoms with Gasteiger partial charge in [0.05, 0.1) is 11.1 Å². The number of carbonyl (C=O) groups is 3. The van der Waals surface area contributed by atoms with Gasteiger partial charge in [0.15, 0.2) is 0 Å². The van der Waals surface area contributed by atoms with Gasteiger partial charge >= 0.3 is 0 Å². The summed E-state index contributed by atoms with van der Waals surface area (Å²) < 4.78 is 0. The lowest BCUT2D eigenvalue weighted by Crippen LogP contribution is -2.47. The minimum absolute atomic E-state index is 0.117. The molecule has 0 unspecified atom stereocenters. The van der Waals surface area contributed by atoms with Crippen LogP contribution in [0.3, 0.4) is 0 Å². The highest BCUT2D eigenvalue weighted by Gasteiger charge is 2.36. The summed E-state index contributed by atoms with van der Waals surface area (Å²) in [5.41, 5.74) is 1.69. The number of rotatable bonds is 3. The second-order valence-electron chi connectivity index (χ2n) is 5.84. The zero-order valence-electron chi connectivity index (χ0n) is 12.5. The summed E-state index contributed by atoms with van der Waals surface area (Å²) in [6, 6.07) is 5.25. The fourth-order valence-electron chi connectivity index (χ4n) is 2.93. The molecular weight excluding hydrogens is 282 g/mol. The highest BCUT2D eigenvalue weighted by Crippen LogP contribution is 2.23. The quantitative estimate of drug-likeness (QED) is 0.795. The van der Waals surface area contributed by atoms with Crippen LogP contribution in [0.5, 0.6) is 0 Å². The SMILES string of the molecule is Cc1ccc2c(c1)C(=O)N(CC(=O)NC1CCNCC1)C2=O. The number of amides is 3. The second kappa shape index (κ2) is 5.88. The average molecular weight is 301 g/mol. The molecule has 116 valence electrons. The lowest BCUT2D eigenvalue weighted by atomic mass is 10.1. The maximum absolute atomic E-state index is 12.3. The Balaban J connectivity index is 1.67. The van der Waals surface area contributed by atoms with Gasteiger partial charge in [-0.3, -0.25) is 19.3 Å². The summed E-state index contributed by atoms with van der Waals surface area (Å²) in [5, 5.41) is 6.12. The van der Waals surface area contributed by atoms with Crippen LogP contribution in [0.2, 0.25) is 0 Å². The van der Waals surface area contributed by atoms with E-state index in [0.29, 0.717) is 11.1 Å². The molecule has 2 heterocycles. The number of aryl methyl sites for hydroxylation is 1. The van der Waals surface area contributed by atoms with Crippen molar-refractivity contribution in [2.24, 2.45) is 0 Å². The molecule has 0 aromatic heterocycles. The molecule has 22 heavy (non-hydrogen) atoms. The van der Waals surface area contributed by atoms with Crippen molar-refractivity contribution in [1.82, 2.24) is 15.5 Å². The lowest BCUT2D eigenvalue weighted by Gasteiger charge is -2.24. The molecule has 1 aromatic carbocycles. The predicted molar refractivity (Wildman–Crippen MR) is 80.6 cm³/mol. The third kappa shape index (κ3) is 2.74. The molecule has 0 bridgehead atoms. The Kier molecular flexibility index (Phi) is 3.94. The average Bonchev–Trinajstić information content (AvgIpc) is 2.73. The van der Waals surface area contributed by atoms with Crippen LogP contribution in [-0.2, 0) is 4.79 Å². The van der Waals surface area contributed by atoms with Crippen molar-refractivity contribution in [3.63, 3.8) is 0 Å². The first-order chi connectivity index (χ1) is 10.6. The Labute approximate surface area is 128 Å². The van der Waals surface area contributed by atoms with E-state index in [1.165, 1.54) is 0 Å². The molecule has 6 nitrogen and oxygen atoms in total. The van der Waals surface area contributed by atoms with Crippen molar-refractivity contribution in [2.75, 3.05) is 19.6 Å². The van der Waals surface area contributed by atoms with Crippen molar-refractivity contribution >= 4 is 17.7 Å². The second-order valence-corrected chi connectivity index (χ2v) is 5.84. The van der Waals surface area contributed by atoms with E-state index in [9.17, 15) is 14.4 Å². The van der Waals surface area contributed by atoms with E-state index in [1.54, 1.807) is 18.2 Å². The van der Waals surface area contributed by atoms with Gasteiger partial charge in [-0.05, 0) is 45.0 Å². The highest BCUT2D eigenvalue weighted by molar-refractivity contribution is 6.22. The zero-order valence-corrected chi connectivity index (χ0v) is 12.5. The topological polar surface area (TPSA) is 78.5 Å². The molecule has 2 N–H and O–H groups in total. The molecule has 1 aromatic rings. The van der Waals surface area contributed by atoms with Crippen LogP contribution in [0.15, 0.2) is 18.2 Å². The summed E-state index contributed by atoms with van der Waals surface area (Å²) in [5.74, 6) is -1.05. The fourth-order valence-corrected chi connectivity index (χ4v) is 2.93. The summed E-state index contributed by atoms with van der Waals surface area (Å²) in [4.78, 5) is 37.7.